The Morgan fingerprint density at radius 3 is 2.33 bits per heavy atom. The standard InChI is InChI=1S/C25H23N3O5/c1-15-13-18(14-22-23(29)26-28(24(22)30)20-7-5-4-6-8-20)16(2)27(15)19-9-11-21(12-10-19)33-17(3)25(31)32/h4-14,17H,1-3H3,(H,26,29)(H,31,32)/b22-14-/t17-/m1/s1. The lowest BCUT2D eigenvalue weighted by Gasteiger charge is -2.14. The number of nitrogens with zero attached hydrogens (tertiary/aromatic N) is 2. The summed E-state index contributed by atoms with van der Waals surface area (Å²) in [5, 5.41) is 10.2. The molecule has 0 unspecified atom stereocenters. The number of anilines is 1. The second-order valence-electron chi connectivity index (χ2n) is 7.73. The number of ether oxygens (including phenoxy) is 1. The van der Waals surface area contributed by atoms with E-state index < -0.39 is 23.9 Å². The summed E-state index contributed by atoms with van der Waals surface area (Å²) in [5.41, 5.74) is 6.62. The molecule has 1 aliphatic heterocycles. The van der Waals surface area contributed by atoms with Crippen LogP contribution < -0.4 is 15.2 Å². The number of nitrogens with one attached hydrogen (secondary N) is 1. The first-order valence-corrected chi connectivity index (χ1v) is 10.4. The summed E-state index contributed by atoms with van der Waals surface area (Å²) in [7, 11) is 0. The van der Waals surface area contributed by atoms with Crippen LogP contribution in [0.4, 0.5) is 5.69 Å². The van der Waals surface area contributed by atoms with Crippen LogP contribution in [-0.2, 0) is 14.4 Å². The van der Waals surface area contributed by atoms with E-state index in [1.54, 1.807) is 42.5 Å². The molecule has 1 saturated heterocycles. The highest BCUT2D eigenvalue weighted by Crippen LogP contribution is 2.27. The first kappa shape index (κ1) is 21.9. The van der Waals surface area contributed by atoms with Crippen molar-refractivity contribution in [2.75, 3.05) is 5.01 Å². The fraction of sp³-hybridized carbons (Fsp3) is 0.160. The summed E-state index contributed by atoms with van der Waals surface area (Å²) in [6.07, 6.45) is 0.653. The Kier molecular flexibility index (Phi) is 5.74. The van der Waals surface area contributed by atoms with Crippen LogP contribution in [-0.4, -0.2) is 33.6 Å². The summed E-state index contributed by atoms with van der Waals surface area (Å²) in [6.45, 7) is 5.30. The number of aliphatic carboxylic acids is 1. The maximum atomic E-state index is 12.9. The number of carboxylic acids is 1. The number of carboxylic acid groups (broad SMARTS) is 1. The number of carbonyl (C=O) groups excluding carboxylic acids is 2. The normalized spacial score (nSPS) is 15.6. The van der Waals surface area contributed by atoms with Crippen molar-refractivity contribution in [3.63, 3.8) is 0 Å². The Morgan fingerprint density at radius 1 is 1.03 bits per heavy atom. The minimum atomic E-state index is -1.04. The topological polar surface area (TPSA) is 101 Å². The number of hydrogen-bond acceptors (Lipinski definition) is 4. The second kappa shape index (κ2) is 8.66. The van der Waals surface area contributed by atoms with Crippen LogP contribution in [0.5, 0.6) is 5.75 Å². The summed E-state index contributed by atoms with van der Waals surface area (Å²) in [6, 6.07) is 17.9. The Labute approximate surface area is 190 Å². The molecule has 2 N–H and O–H groups in total. The molecular formula is C25H23N3O5. The summed E-state index contributed by atoms with van der Waals surface area (Å²) in [4.78, 5) is 36.4. The zero-order valence-electron chi connectivity index (χ0n) is 18.4. The van der Waals surface area contributed by atoms with Gasteiger partial charge in [0, 0.05) is 17.1 Å². The molecule has 1 aliphatic rings. The van der Waals surface area contributed by atoms with Gasteiger partial charge in [-0.1, -0.05) is 18.2 Å². The fourth-order valence-electron chi connectivity index (χ4n) is 3.73. The quantitative estimate of drug-likeness (QED) is 0.447. The highest BCUT2D eigenvalue weighted by atomic mass is 16.5. The van der Waals surface area contributed by atoms with Crippen molar-refractivity contribution in [2.24, 2.45) is 0 Å². The molecule has 0 bridgehead atoms. The van der Waals surface area contributed by atoms with E-state index in [0.717, 1.165) is 22.6 Å². The van der Waals surface area contributed by atoms with Crippen LogP contribution >= 0.6 is 0 Å². The van der Waals surface area contributed by atoms with E-state index in [2.05, 4.69) is 5.43 Å². The molecule has 0 radical (unpaired) electrons. The van der Waals surface area contributed by atoms with Crippen molar-refractivity contribution in [1.29, 1.82) is 0 Å². The lowest BCUT2D eigenvalue weighted by Crippen LogP contribution is -2.35. The average molecular weight is 445 g/mol. The van der Waals surface area contributed by atoms with Gasteiger partial charge in [0.15, 0.2) is 6.10 Å². The van der Waals surface area contributed by atoms with Gasteiger partial charge in [0.1, 0.15) is 11.3 Å². The number of para-hydroxylation sites is 1. The molecular weight excluding hydrogens is 422 g/mol. The smallest absolute Gasteiger partial charge is 0.344 e. The number of carbonyl (C=O) groups is 3. The van der Waals surface area contributed by atoms with E-state index >= 15 is 0 Å². The molecule has 1 aromatic heterocycles. The van der Waals surface area contributed by atoms with E-state index in [9.17, 15) is 14.4 Å². The second-order valence-corrected chi connectivity index (χ2v) is 7.73. The molecule has 2 aromatic carbocycles. The van der Waals surface area contributed by atoms with Crippen LogP contribution in [0.2, 0.25) is 0 Å². The lowest BCUT2D eigenvalue weighted by molar-refractivity contribution is -0.144. The van der Waals surface area contributed by atoms with E-state index in [1.165, 1.54) is 11.9 Å². The molecule has 168 valence electrons. The maximum Gasteiger partial charge on any atom is 0.344 e. The monoisotopic (exact) mass is 445 g/mol. The van der Waals surface area contributed by atoms with Gasteiger partial charge in [-0.15, -0.1) is 0 Å². The van der Waals surface area contributed by atoms with Gasteiger partial charge in [0.25, 0.3) is 11.8 Å². The van der Waals surface area contributed by atoms with Crippen molar-refractivity contribution in [1.82, 2.24) is 9.99 Å². The molecule has 0 spiro atoms. The molecule has 2 heterocycles. The summed E-state index contributed by atoms with van der Waals surface area (Å²) < 4.78 is 7.38. The molecule has 33 heavy (non-hydrogen) atoms. The third kappa shape index (κ3) is 4.23. The predicted octanol–water partition coefficient (Wildman–Crippen LogP) is 3.41. The SMILES string of the molecule is Cc1cc(/C=C2/C(=O)NN(c3ccccc3)C2=O)c(C)n1-c1ccc(O[C@H](C)C(=O)O)cc1. The third-order valence-electron chi connectivity index (χ3n) is 5.43. The van der Waals surface area contributed by atoms with Gasteiger partial charge in [0.05, 0.1) is 5.69 Å². The summed E-state index contributed by atoms with van der Waals surface area (Å²) >= 11 is 0. The molecule has 8 heteroatoms. The number of hydrogen-bond donors (Lipinski definition) is 2. The molecule has 1 fully saturated rings. The van der Waals surface area contributed by atoms with Gasteiger partial charge >= 0.3 is 5.97 Å². The van der Waals surface area contributed by atoms with Crippen molar-refractivity contribution in [2.45, 2.75) is 26.9 Å². The minimum Gasteiger partial charge on any atom is -0.479 e. The zero-order valence-corrected chi connectivity index (χ0v) is 18.4. The minimum absolute atomic E-state index is 0.0607. The van der Waals surface area contributed by atoms with Crippen molar-refractivity contribution in [3.05, 3.63) is 83.2 Å². The van der Waals surface area contributed by atoms with Crippen LogP contribution in [0, 0.1) is 13.8 Å². The van der Waals surface area contributed by atoms with Crippen molar-refractivity contribution >= 4 is 29.5 Å². The Balaban J connectivity index is 1.62. The number of amides is 2. The van der Waals surface area contributed by atoms with Crippen LogP contribution in [0.3, 0.4) is 0 Å². The van der Waals surface area contributed by atoms with Crippen LogP contribution in [0.1, 0.15) is 23.9 Å². The van der Waals surface area contributed by atoms with Gasteiger partial charge in [-0.3, -0.25) is 15.0 Å². The van der Waals surface area contributed by atoms with Crippen molar-refractivity contribution in [3.8, 4) is 11.4 Å². The molecule has 2 amide bonds. The molecule has 0 aliphatic carbocycles. The Bertz CT molecular complexity index is 1260. The average Bonchev–Trinajstić information content (AvgIpc) is 3.24. The Morgan fingerprint density at radius 2 is 1.70 bits per heavy atom. The van der Waals surface area contributed by atoms with Crippen LogP contribution in [0.15, 0.2) is 66.2 Å². The van der Waals surface area contributed by atoms with Crippen molar-refractivity contribution < 1.29 is 24.2 Å². The number of rotatable bonds is 6. The zero-order chi connectivity index (χ0) is 23.7. The molecule has 8 nitrogen and oxygen atoms in total. The van der Waals surface area contributed by atoms with Gasteiger partial charge in [-0.25, -0.2) is 9.80 Å². The summed E-state index contributed by atoms with van der Waals surface area (Å²) in [5.74, 6) is -1.45. The van der Waals surface area contributed by atoms with E-state index in [1.807, 2.05) is 42.7 Å². The number of hydrazine groups is 1. The number of aryl methyl sites for hydroxylation is 1. The molecule has 1 atom stereocenters. The first-order chi connectivity index (χ1) is 15.8. The highest BCUT2D eigenvalue weighted by molar-refractivity contribution is 6.31. The van der Waals surface area contributed by atoms with Gasteiger partial charge in [-0.2, -0.15) is 0 Å². The first-order valence-electron chi connectivity index (χ1n) is 10.4. The predicted molar refractivity (Wildman–Crippen MR) is 123 cm³/mol. The van der Waals surface area contributed by atoms with Gasteiger partial charge in [0.2, 0.25) is 0 Å². The van der Waals surface area contributed by atoms with Gasteiger partial charge < -0.3 is 14.4 Å². The van der Waals surface area contributed by atoms with Gasteiger partial charge in [-0.05, 0) is 74.9 Å². The van der Waals surface area contributed by atoms with E-state index in [0.29, 0.717) is 11.4 Å². The third-order valence-corrected chi connectivity index (χ3v) is 5.43. The largest absolute Gasteiger partial charge is 0.479 e. The molecule has 0 saturated carbocycles. The Hall–Kier alpha value is -4.33. The fourth-order valence-corrected chi connectivity index (χ4v) is 3.73. The number of aromatic nitrogens is 1. The number of benzene rings is 2. The van der Waals surface area contributed by atoms with Crippen LogP contribution in [0.25, 0.3) is 11.8 Å². The maximum absolute atomic E-state index is 12.9. The molecule has 4 rings (SSSR count). The van der Waals surface area contributed by atoms with E-state index in [4.69, 9.17) is 9.84 Å². The highest BCUT2D eigenvalue weighted by Gasteiger charge is 2.34. The molecule has 3 aromatic rings. The lowest BCUT2D eigenvalue weighted by atomic mass is 10.1. The van der Waals surface area contributed by atoms with E-state index in [-0.39, 0.29) is 5.57 Å².